The molecule has 3 N–H and O–H groups in total. The van der Waals surface area contributed by atoms with Crippen LogP contribution in [-0.4, -0.2) is 38.6 Å². The van der Waals surface area contributed by atoms with Crippen molar-refractivity contribution < 1.29 is 31.1 Å². The molecular weight excluding hydrogens is 504 g/mol. The van der Waals surface area contributed by atoms with Gasteiger partial charge in [0.15, 0.2) is 0 Å². The number of benzene rings is 2. The summed E-state index contributed by atoms with van der Waals surface area (Å²) in [6.07, 6.45) is -9.37. The zero-order valence-electron chi connectivity index (χ0n) is 19.3. The molecule has 1 aliphatic rings. The van der Waals surface area contributed by atoms with E-state index in [0.29, 0.717) is 5.82 Å². The van der Waals surface area contributed by atoms with Crippen LogP contribution < -0.4 is 11.0 Å². The van der Waals surface area contributed by atoms with Gasteiger partial charge in [-0.1, -0.05) is 30.3 Å². The summed E-state index contributed by atoms with van der Waals surface area (Å²) in [5, 5.41) is 9.07. The number of alkyl halides is 6. The number of H-pyrrole nitrogens is 2. The molecule has 2 aromatic carbocycles. The summed E-state index contributed by atoms with van der Waals surface area (Å²) in [7, 11) is 0. The molecule has 1 fully saturated rings. The van der Waals surface area contributed by atoms with Crippen LogP contribution in [0.25, 0.3) is 0 Å². The monoisotopic (exact) mass is 527 g/mol. The van der Waals surface area contributed by atoms with E-state index in [0.717, 1.165) is 17.7 Å². The van der Waals surface area contributed by atoms with Crippen molar-refractivity contribution in [2.75, 3.05) is 6.54 Å². The number of rotatable bonds is 7. The fourth-order valence-corrected chi connectivity index (χ4v) is 4.61. The Bertz CT molecular complexity index is 1250. The van der Waals surface area contributed by atoms with E-state index in [-0.39, 0.29) is 55.9 Å². The smallest absolute Gasteiger partial charge is 0.350 e. The Morgan fingerprint density at radius 1 is 0.946 bits per heavy atom. The van der Waals surface area contributed by atoms with E-state index in [1.807, 2.05) is 35.2 Å². The number of carbonyl (C=O) groups is 1. The maximum atomic E-state index is 13.2. The number of aromatic nitrogens is 3. The molecule has 198 valence electrons. The number of aromatic amines is 2. The van der Waals surface area contributed by atoms with Gasteiger partial charge in [0.05, 0.1) is 30.3 Å². The molecule has 13 heteroatoms. The van der Waals surface area contributed by atoms with Crippen LogP contribution in [0.1, 0.15) is 47.0 Å². The van der Waals surface area contributed by atoms with Crippen LogP contribution >= 0.6 is 0 Å². The van der Waals surface area contributed by atoms with E-state index in [1.165, 1.54) is 0 Å². The van der Waals surface area contributed by atoms with Crippen molar-refractivity contribution in [2.24, 2.45) is 0 Å². The highest BCUT2D eigenvalue weighted by molar-refractivity contribution is 5.79. The van der Waals surface area contributed by atoms with Gasteiger partial charge in [-0.05, 0) is 48.6 Å². The lowest BCUT2D eigenvalue weighted by atomic mass is 9.90. The Morgan fingerprint density at radius 3 is 2.16 bits per heavy atom. The predicted octanol–water partition coefficient (Wildman–Crippen LogP) is 4.20. The molecule has 7 nitrogen and oxygen atoms in total. The van der Waals surface area contributed by atoms with E-state index < -0.39 is 35.2 Å². The molecule has 2 atom stereocenters. The lowest BCUT2D eigenvalue weighted by Gasteiger charge is -2.41. The lowest BCUT2D eigenvalue weighted by Crippen LogP contribution is -2.55. The number of nitrogens with zero attached hydrogens (tertiary/aromatic N) is 2. The Kier molecular flexibility index (Phi) is 7.44. The Morgan fingerprint density at radius 2 is 1.59 bits per heavy atom. The van der Waals surface area contributed by atoms with E-state index in [1.54, 1.807) is 0 Å². The molecule has 1 aromatic heterocycles. The zero-order chi connectivity index (χ0) is 26.8. The standard InChI is InChI=1S/C24H23F6N5O2/c25-23(26,27)16-9-14(10-17(11-16)24(28,29)30)5-4-8-18-21(15-6-2-1-3-7-15)35(13-20(36)31-18)12-19-32-22(37)34-33-19/h1-3,6-7,9-11,18,21H,4-5,8,12-13H2,(H,31,36)(H2,32,33,34,37). The van der Waals surface area contributed by atoms with Crippen LogP contribution in [0.3, 0.4) is 0 Å². The minimum Gasteiger partial charge on any atom is -0.350 e. The highest BCUT2D eigenvalue weighted by Gasteiger charge is 2.38. The lowest BCUT2D eigenvalue weighted by molar-refractivity contribution is -0.143. The molecular formula is C24H23F6N5O2. The van der Waals surface area contributed by atoms with Gasteiger partial charge in [0.2, 0.25) is 5.91 Å². The first-order valence-corrected chi connectivity index (χ1v) is 11.4. The number of carbonyl (C=O) groups excluding carboxylic acids is 1. The van der Waals surface area contributed by atoms with Gasteiger partial charge in [-0.15, -0.1) is 0 Å². The van der Waals surface area contributed by atoms with Crippen molar-refractivity contribution in [2.45, 2.75) is 50.2 Å². The van der Waals surface area contributed by atoms with Crippen LogP contribution in [0.15, 0.2) is 53.3 Å². The summed E-state index contributed by atoms with van der Waals surface area (Å²) >= 11 is 0. The minimum atomic E-state index is -4.92. The molecule has 4 rings (SSSR count). The largest absolute Gasteiger partial charge is 0.416 e. The third kappa shape index (κ3) is 6.59. The van der Waals surface area contributed by atoms with Crippen LogP contribution in [-0.2, 0) is 30.1 Å². The highest BCUT2D eigenvalue weighted by atomic mass is 19.4. The van der Waals surface area contributed by atoms with Crippen LogP contribution in [0, 0.1) is 0 Å². The second kappa shape index (κ2) is 10.4. The number of halogens is 6. The highest BCUT2D eigenvalue weighted by Crippen LogP contribution is 2.37. The first-order valence-electron chi connectivity index (χ1n) is 11.4. The van der Waals surface area contributed by atoms with E-state index in [4.69, 9.17) is 0 Å². The second-order valence-electron chi connectivity index (χ2n) is 8.87. The third-order valence-electron chi connectivity index (χ3n) is 6.14. The van der Waals surface area contributed by atoms with Gasteiger partial charge < -0.3 is 5.32 Å². The van der Waals surface area contributed by atoms with Gasteiger partial charge in [0, 0.05) is 6.04 Å². The SMILES string of the molecule is O=C1CN(Cc2n[nH]c(=O)[nH]2)C(c2ccccc2)C(CCCc2cc(C(F)(F)F)cc(C(F)(F)F)c2)N1. The van der Waals surface area contributed by atoms with Gasteiger partial charge in [-0.25, -0.2) is 9.89 Å². The molecule has 0 saturated carbocycles. The number of piperazine rings is 1. The maximum Gasteiger partial charge on any atom is 0.416 e. The van der Waals surface area contributed by atoms with E-state index in [9.17, 15) is 35.9 Å². The van der Waals surface area contributed by atoms with Crippen LogP contribution in [0.5, 0.6) is 0 Å². The zero-order valence-corrected chi connectivity index (χ0v) is 19.3. The van der Waals surface area contributed by atoms with E-state index >= 15 is 0 Å². The summed E-state index contributed by atoms with van der Waals surface area (Å²) in [5.74, 6) is 0.0246. The van der Waals surface area contributed by atoms with Crippen LogP contribution in [0.4, 0.5) is 26.3 Å². The first-order chi connectivity index (χ1) is 17.4. The molecule has 1 saturated heterocycles. The van der Waals surface area contributed by atoms with Crippen molar-refractivity contribution in [3.8, 4) is 0 Å². The molecule has 3 aromatic rings. The van der Waals surface area contributed by atoms with Crippen molar-refractivity contribution in [3.05, 3.63) is 87.1 Å². The van der Waals surface area contributed by atoms with E-state index in [2.05, 4.69) is 20.5 Å². The number of hydrogen-bond acceptors (Lipinski definition) is 4. The van der Waals surface area contributed by atoms with Crippen molar-refractivity contribution in [1.82, 2.24) is 25.4 Å². The Labute approximate surface area is 206 Å². The predicted molar refractivity (Wildman–Crippen MR) is 120 cm³/mol. The quantitative estimate of drug-likeness (QED) is 0.402. The topological polar surface area (TPSA) is 93.9 Å². The molecule has 0 aliphatic carbocycles. The van der Waals surface area contributed by atoms with Crippen molar-refractivity contribution in [1.29, 1.82) is 0 Å². The second-order valence-corrected chi connectivity index (χ2v) is 8.87. The summed E-state index contributed by atoms with van der Waals surface area (Å²) in [5.41, 5.74) is -2.45. The van der Waals surface area contributed by atoms with Crippen molar-refractivity contribution >= 4 is 5.91 Å². The Hall–Kier alpha value is -3.61. The number of nitrogens with one attached hydrogen (secondary N) is 3. The fourth-order valence-electron chi connectivity index (χ4n) is 4.61. The average molecular weight is 527 g/mol. The normalized spacial score (nSPS) is 19.1. The molecule has 37 heavy (non-hydrogen) atoms. The first kappa shape index (κ1) is 26.5. The average Bonchev–Trinajstić information content (AvgIpc) is 3.22. The van der Waals surface area contributed by atoms with Gasteiger partial charge in [-0.3, -0.25) is 14.7 Å². The number of amides is 1. The summed E-state index contributed by atoms with van der Waals surface area (Å²) in [6, 6.07) is 9.88. The molecule has 2 unspecified atom stereocenters. The minimum absolute atomic E-state index is 0.00746. The summed E-state index contributed by atoms with van der Waals surface area (Å²) in [4.78, 5) is 28.3. The molecule has 1 amide bonds. The molecule has 1 aliphatic heterocycles. The fraction of sp³-hybridized carbons (Fsp3) is 0.375. The molecule has 0 spiro atoms. The van der Waals surface area contributed by atoms with Gasteiger partial charge in [-0.2, -0.15) is 31.4 Å². The molecule has 0 radical (unpaired) electrons. The van der Waals surface area contributed by atoms with Gasteiger partial charge in [0.1, 0.15) is 5.82 Å². The summed E-state index contributed by atoms with van der Waals surface area (Å²) < 4.78 is 79.2. The third-order valence-corrected chi connectivity index (χ3v) is 6.14. The van der Waals surface area contributed by atoms with Gasteiger partial charge >= 0.3 is 18.0 Å². The van der Waals surface area contributed by atoms with Gasteiger partial charge in [0.25, 0.3) is 0 Å². The van der Waals surface area contributed by atoms with Crippen molar-refractivity contribution in [3.63, 3.8) is 0 Å². The summed E-state index contributed by atoms with van der Waals surface area (Å²) in [6.45, 7) is 0.151. The Balaban J connectivity index is 1.55. The molecule has 2 heterocycles. The maximum absolute atomic E-state index is 13.2. The number of aryl methyl sites for hydroxylation is 1. The number of hydrogen-bond donors (Lipinski definition) is 3. The molecule has 0 bridgehead atoms. The van der Waals surface area contributed by atoms with Crippen LogP contribution in [0.2, 0.25) is 0 Å².